The molecule has 1 N–H and O–H groups in total. The molecule has 3 aromatic heterocycles. The van der Waals surface area contributed by atoms with Crippen LogP contribution in [0.4, 0.5) is 19.0 Å². The van der Waals surface area contributed by atoms with Crippen LogP contribution in [0.25, 0.3) is 16.2 Å². The highest BCUT2D eigenvalue weighted by atomic mass is 32.1. The standard InChI is InChI=1S/C20H22F3N5OS/c1-19(11-29-12-19)27-8-6-13(7-9-27)25-17-4-5-18-24-10-14(28(18)26-17)15-2-3-16(30-15)20(21,22)23/h2-5,10,13H,6-9,11-12H2,1H3,(H,25,26). The number of hydrogen-bond acceptors (Lipinski definition) is 6. The van der Waals surface area contributed by atoms with E-state index in [-0.39, 0.29) is 5.54 Å². The molecule has 2 aliphatic heterocycles. The molecule has 6 nitrogen and oxygen atoms in total. The van der Waals surface area contributed by atoms with Crippen molar-refractivity contribution in [3.63, 3.8) is 0 Å². The average molecular weight is 437 g/mol. The van der Waals surface area contributed by atoms with Crippen LogP contribution in [0.3, 0.4) is 0 Å². The fraction of sp³-hybridized carbons (Fsp3) is 0.500. The van der Waals surface area contributed by atoms with Gasteiger partial charge in [-0.05, 0) is 44.0 Å². The summed E-state index contributed by atoms with van der Waals surface area (Å²) in [5, 5.41) is 8.09. The minimum absolute atomic E-state index is 0.170. The topological polar surface area (TPSA) is 54.7 Å². The molecule has 0 amide bonds. The molecule has 5 heterocycles. The maximum Gasteiger partial charge on any atom is 0.425 e. The Balaban J connectivity index is 1.32. The number of alkyl halides is 3. The fourth-order valence-corrected chi connectivity index (χ4v) is 4.97. The summed E-state index contributed by atoms with van der Waals surface area (Å²) in [6.07, 6.45) is -0.767. The molecule has 160 valence electrons. The number of fused-ring (bicyclic) bond motifs is 1. The zero-order chi connectivity index (χ0) is 20.9. The lowest BCUT2D eigenvalue weighted by Gasteiger charge is -2.49. The summed E-state index contributed by atoms with van der Waals surface area (Å²) < 4.78 is 45.9. The van der Waals surface area contributed by atoms with Crippen molar-refractivity contribution in [1.82, 2.24) is 19.5 Å². The molecule has 0 bridgehead atoms. The Labute approximate surface area is 175 Å². The van der Waals surface area contributed by atoms with Crippen molar-refractivity contribution in [2.45, 2.75) is 37.5 Å². The van der Waals surface area contributed by atoms with Gasteiger partial charge in [0.05, 0.1) is 29.8 Å². The summed E-state index contributed by atoms with van der Waals surface area (Å²) in [6, 6.07) is 6.58. The summed E-state index contributed by atoms with van der Waals surface area (Å²) in [4.78, 5) is 6.64. The highest BCUT2D eigenvalue weighted by Crippen LogP contribution is 2.38. The van der Waals surface area contributed by atoms with Crippen molar-refractivity contribution in [2.24, 2.45) is 0 Å². The van der Waals surface area contributed by atoms with Gasteiger partial charge in [-0.3, -0.25) is 4.90 Å². The van der Waals surface area contributed by atoms with Gasteiger partial charge in [0.2, 0.25) is 0 Å². The van der Waals surface area contributed by atoms with Crippen molar-refractivity contribution in [3.05, 3.63) is 35.3 Å². The van der Waals surface area contributed by atoms with E-state index in [2.05, 4.69) is 27.2 Å². The summed E-state index contributed by atoms with van der Waals surface area (Å²) in [6.45, 7) is 5.85. The molecule has 2 saturated heterocycles. The van der Waals surface area contributed by atoms with Crippen LogP contribution in [-0.4, -0.2) is 57.4 Å². The minimum Gasteiger partial charge on any atom is -0.377 e. The number of rotatable bonds is 4. The van der Waals surface area contributed by atoms with E-state index >= 15 is 0 Å². The molecule has 0 aromatic carbocycles. The average Bonchev–Trinajstić information content (AvgIpc) is 3.33. The first-order chi connectivity index (χ1) is 14.3. The summed E-state index contributed by atoms with van der Waals surface area (Å²) >= 11 is 0.702. The molecule has 0 aliphatic carbocycles. The number of imidazole rings is 1. The predicted octanol–water partition coefficient (Wildman–Crippen LogP) is 4.14. The Morgan fingerprint density at radius 3 is 2.57 bits per heavy atom. The van der Waals surface area contributed by atoms with Crippen LogP contribution in [0.15, 0.2) is 30.5 Å². The Bertz CT molecular complexity index is 1050. The maximum atomic E-state index is 13.0. The molecule has 3 aromatic rings. The molecule has 5 rings (SSSR count). The first-order valence-corrected chi connectivity index (χ1v) is 10.8. The molecule has 2 fully saturated rings. The zero-order valence-corrected chi connectivity index (χ0v) is 17.3. The lowest BCUT2D eigenvalue weighted by molar-refractivity contribution is -0.135. The number of nitrogens with zero attached hydrogens (tertiary/aromatic N) is 4. The van der Waals surface area contributed by atoms with Crippen LogP contribution in [0.5, 0.6) is 0 Å². The first kappa shape index (κ1) is 19.8. The lowest BCUT2D eigenvalue weighted by Crippen LogP contribution is -2.62. The summed E-state index contributed by atoms with van der Waals surface area (Å²) in [5.74, 6) is 0.700. The van der Waals surface area contributed by atoms with Gasteiger partial charge in [0.15, 0.2) is 5.65 Å². The van der Waals surface area contributed by atoms with Crippen molar-refractivity contribution in [1.29, 1.82) is 0 Å². The fourth-order valence-electron chi connectivity index (χ4n) is 4.10. The van der Waals surface area contributed by atoms with E-state index < -0.39 is 11.1 Å². The quantitative estimate of drug-likeness (QED) is 0.665. The molecule has 30 heavy (non-hydrogen) atoms. The highest BCUT2D eigenvalue weighted by molar-refractivity contribution is 7.15. The molecular formula is C20H22F3N5OS. The van der Waals surface area contributed by atoms with E-state index in [1.54, 1.807) is 10.7 Å². The molecular weight excluding hydrogens is 415 g/mol. The van der Waals surface area contributed by atoms with Crippen LogP contribution in [0, 0.1) is 0 Å². The van der Waals surface area contributed by atoms with Crippen molar-refractivity contribution < 1.29 is 17.9 Å². The second kappa shape index (κ2) is 7.21. The van der Waals surface area contributed by atoms with Gasteiger partial charge >= 0.3 is 6.18 Å². The molecule has 0 unspecified atom stereocenters. The molecule has 2 aliphatic rings. The van der Waals surface area contributed by atoms with Crippen LogP contribution in [-0.2, 0) is 10.9 Å². The van der Waals surface area contributed by atoms with Crippen molar-refractivity contribution >= 4 is 22.8 Å². The van der Waals surface area contributed by atoms with E-state index in [1.807, 2.05) is 12.1 Å². The van der Waals surface area contributed by atoms with Crippen LogP contribution < -0.4 is 5.32 Å². The van der Waals surface area contributed by atoms with Gasteiger partial charge in [-0.1, -0.05) is 0 Å². The molecule has 0 saturated carbocycles. The SMILES string of the molecule is CC1(N2CCC(Nc3ccc4ncc(-c5ccc(C(F)(F)F)s5)n4n3)CC2)COC1. The van der Waals surface area contributed by atoms with E-state index in [1.165, 1.54) is 6.07 Å². The van der Waals surface area contributed by atoms with Gasteiger partial charge in [0, 0.05) is 19.1 Å². The molecule has 0 radical (unpaired) electrons. The number of halogens is 3. The number of piperidine rings is 1. The normalized spacial score (nSPS) is 20.4. The number of nitrogens with one attached hydrogen (secondary N) is 1. The predicted molar refractivity (Wildman–Crippen MR) is 109 cm³/mol. The van der Waals surface area contributed by atoms with Gasteiger partial charge in [0.1, 0.15) is 16.4 Å². The van der Waals surface area contributed by atoms with Crippen molar-refractivity contribution in [3.8, 4) is 10.6 Å². The van der Waals surface area contributed by atoms with Gasteiger partial charge in [0.25, 0.3) is 0 Å². The second-order valence-electron chi connectivity index (χ2n) is 8.19. The van der Waals surface area contributed by atoms with E-state index in [9.17, 15) is 13.2 Å². The molecule has 10 heteroatoms. The lowest BCUT2D eigenvalue weighted by atomic mass is 9.93. The van der Waals surface area contributed by atoms with Crippen LogP contribution in [0.1, 0.15) is 24.6 Å². The maximum absolute atomic E-state index is 13.0. The van der Waals surface area contributed by atoms with Gasteiger partial charge in [-0.15, -0.1) is 16.4 Å². The summed E-state index contributed by atoms with van der Waals surface area (Å²) in [7, 11) is 0. The molecule has 0 spiro atoms. The van der Waals surface area contributed by atoms with Crippen LogP contribution in [0.2, 0.25) is 0 Å². The number of aromatic nitrogens is 3. The largest absolute Gasteiger partial charge is 0.425 e. The third-order valence-electron chi connectivity index (χ3n) is 5.94. The van der Waals surface area contributed by atoms with E-state index in [0.717, 1.165) is 45.2 Å². The Kier molecular flexibility index (Phi) is 4.75. The highest BCUT2D eigenvalue weighted by Gasteiger charge is 2.40. The Hall–Kier alpha value is -2.17. The van der Waals surface area contributed by atoms with Crippen LogP contribution >= 0.6 is 11.3 Å². The number of hydrogen-bond donors (Lipinski definition) is 1. The Morgan fingerprint density at radius 1 is 1.17 bits per heavy atom. The smallest absolute Gasteiger partial charge is 0.377 e. The number of thiophene rings is 1. The third kappa shape index (κ3) is 3.57. The second-order valence-corrected chi connectivity index (χ2v) is 9.27. The monoisotopic (exact) mass is 437 g/mol. The third-order valence-corrected chi connectivity index (χ3v) is 7.09. The zero-order valence-electron chi connectivity index (χ0n) is 16.4. The van der Waals surface area contributed by atoms with Gasteiger partial charge in [-0.25, -0.2) is 9.50 Å². The molecule has 0 atom stereocenters. The van der Waals surface area contributed by atoms with Crippen molar-refractivity contribution in [2.75, 3.05) is 31.6 Å². The van der Waals surface area contributed by atoms with E-state index in [4.69, 9.17) is 4.74 Å². The van der Waals surface area contributed by atoms with E-state index in [0.29, 0.717) is 39.4 Å². The van der Waals surface area contributed by atoms with Gasteiger partial charge in [-0.2, -0.15) is 13.2 Å². The number of ether oxygens (including phenoxy) is 1. The first-order valence-electron chi connectivity index (χ1n) is 9.93. The summed E-state index contributed by atoms with van der Waals surface area (Å²) in [5.41, 5.74) is 1.33. The number of likely N-dealkylation sites (tertiary alicyclic amines) is 1. The Morgan fingerprint density at radius 2 is 1.93 bits per heavy atom. The minimum atomic E-state index is -4.35. The number of anilines is 1. The van der Waals surface area contributed by atoms with Gasteiger partial charge < -0.3 is 10.1 Å².